The number of nitrogens with zero attached hydrogens (tertiary/aromatic N) is 2. The molecule has 0 aliphatic carbocycles. The summed E-state index contributed by atoms with van der Waals surface area (Å²) < 4.78 is 1.90. The van der Waals surface area contributed by atoms with Gasteiger partial charge in [-0.3, -0.25) is 10.5 Å². The van der Waals surface area contributed by atoms with Gasteiger partial charge in [-0.05, 0) is 30.0 Å². The molecule has 1 atom stereocenters. The van der Waals surface area contributed by atoms with Crippen molar-refractivity contribution in [3.8, 4) is 0 Å². The Kier molecular flexibility index (Phi) is 3.10. The number of nitrogens with one attached hydrogen (secondary N) is 1. The average Bonchev–Trinajstić information content (AvgIpc) is 2.98. The topological polar surface area (TPSA) is 55.9 Å². The smallest absolute Gasteiger partial charge is 0.0931 e. The Morgan fingerprint density at radius 2 is 2.11 bits per heavy atom. The van der Waals surface area contributed by atoms with Crippen LogP contribution in [0.15, 0.2) is 35.7 Å². The van der Waals surface area contributed by atoms with Crippen LogP contribution in [0.2, 0.25) is 0 Å². The number of para-hydroxylation sites is 1. The molecule has 0 aliphatic heterocycles. The highest BCUT2D eigenvalue weighted by Gasteiger charge is 2.21. The molecular weight excluding hydrogens is 256 g/mol. The molecule has 0 fully saturated rings. The fraction of sp³-hybridized carbons (Fsp3) is 0.214. The molecule has 5 heteroatoms. The molecule has 1 unspecified atom stereocenters. The Morgan fingerprint density at radius 3 is 2.79 bits per heavy atom. The summed E-state index contributed by atoms with van der Waals surface area (Å²) in [5.74, 6) is 5.77. The van der Waals surface area contributed by atoms with Gasteiger partial charge in [0.15, 0.2) is 0 Å². The van der Waals surface area contributed by atoms with E-state index in [0.29, 0.717) is 0 Å². The monoisotopic (exact) mass is 272 g/mol. The lowest BCUT2D eigenvalue weighted by Crippen LogP contribution is -2.29. The number of benzene rings is 1. The van der Waals surface area contributed by atoms with Gasteiger partial charge in [0, 0.05) is 17.3 Å². The molecule has 98 valence electrons. The van der Waals surface area contributed by atoms with Gasteiger partial charge in [-0.1, -0.05) is 18.2 Å². The number of thiophene rings is 1. The number of aromatic nitrogens is 2. The van der Waals surface area contributed by atoms with E-state index in [1.165, 1.54) is 10.4 Å². The van der Waals surface area contributed by atoms with Crippen LogP contribution in [0.3, 0.4) is 0 Å². The number of hydrogen-bond acceptors (Lipinski definition) is 4. The summed E-state index contributed by atoms with van der Waals surface area (Å²) in [6.07, 6.45) is 0. The van der Waals surface area contributed by atoms with Crippen LogP contribution in [-0.4, -0.2) is 9.78 Å². The van der Waals surface area contributed by atoms with Crippen LogP contribution in [0.5, 0.6) is 0 Å². The molecule has 4 nitrogen and oxygen atoms in total. The maximum atomic E-state index is 5.77. The highest BCUT2D eigenvalue weighted by molar-refractivity contribution is 7.10. The molecule has 0 aliphatic rings. The van der Waals surface area contributed by atoms with Crippen LogP contribution in [-0.2, 0) is 7.05 Å². The van der Waals surface area contributed by atoms with Gasteiger partial charge < -0.3 is 0 Å². The van der Waals surface area contributed by atoms with Crippen molar-refractivity contribution in [1.82, 2.24) is 15.2 Å². The minimum Gasteiger partial charge on any atom is -0.271 e. The van der Waals surface area contributed by atoms with Gasteiger partial charge >= 0.3 is 0 Å². The van der Waals surface area contributed by atoms with Crippen molar-refractivity contribution in [2.24, 2.45) is 12.9 Å². The molecule has 0 spiro atoms. The van der Waals surface area contributed by atoms with E-state index in [4.69, 9.17) is 5.84 Å². The second-order valence-corrected chi connectivity index (χ2v) is 5.68. The highest BCUT2D eigenvalue weighted by atomic mass is 32.1. The SMILES string of the molecule is Cc1sccc1C(NN)c1nn(C)c2ccccc12. The molecular formula is C14H16N4S. The van der Waals surface area contributed by atoms with E-state index in [1.54, 1.807) is 11.3 Å². The Morgan fingerprint density at radius 1 is 1.32 bits per heavy atom. The predicted octanol–water partition coefficient (Wildman–Crippen LogP) is 2.50. The van der Waals surface area contributed by atoms with E-state index in [1.807, 2.05) is 23.9 Å². The molecule has 0 amide bonds. The Bertz CT molecular complexity index is 713. The standard InChI is InChI=1S/C14H16N4S/c1-9-10(7-8-19-9)13(16-15)14-11-5-3-4-6-12(11)18(2)17-14/h3-8,13,16H,15H2,1-2H3. The number of rotatable bonds is 3. The van der Waals surface area contributed by atoms with Gasteiger partial charge in [0.25, 0.3) is 0 Å². The Balaban J connectivity index is 2.20. The lowest BCUT2D eigenvalue weighted by molar-refractivity contribution is 0.607. The van der Waals surface area contributed by atoms with Crippen molar-refractivity contribution < 1.29 is 0 Å². The molecule has 0 radical (unpaired) electrons. The van der Waals surface area contributed by atoms with Gasteiger partial charge in [0.2, 0.25) is 0 Å². The number of nitrogens with two attached hydrogens (primary N) is 1. The zero-order valence-electron chi connectivity index (χ0n) is 10.9. The molecule has 0 saturated carbocycles. The minimum atomic E-state index is -0.0719. The fourth-order valence-electron chi connectivity index (χ4n) is 2.47. The van der Waals surface area contributed by atoms with E-state index in [0.717, 1.165) is 16.6 Å². The van der Waals surface area contributed by atoms with Crippen LogP contribution in [0.4, 0.5) is 0 Å². The van der Waals surface area contributed by atoms with E-state index < -0.39 is 0 Å². The first-order valence-corrected chi connectivity index (χ1v) is 7.02. The molecule has 0 bridgehead atoms. The van der Waals surface area contributed by atoms with Crippen LogP contribution in [0, 0.1) is 6.92 Å². The maximum absolute atomic E-state index is 5.77. The summed E-state index contributed by atoms with van der Waals surface area (Å²) in [6, 6.07) is 10.2. The van der Waals surface area contributed by atoms with Gasteiger partial charge in [-0.15, -0.1) is 11.3 Å². The molecule has 2 aromatic heterocycles. The Hall–Kier alpha value is -1.69. The third-order valence-electron chi connectivity index (χ3n) is 3.44. The van der Waals surface area contributed by atoms with E-state index in [9.17, 15) is 0 Å². The summed E-state index contributed by atoms with van der Waals surface area (Å²) in [6.45, 7) is 2.11. The maximum Gasteiger partial charge on any atom is 0.0931 e. The quantitative estimate of drug-likeness (QED) is 0.569. The normalized spacial score (nSPS) is 13.0. The fourth-order valence-corrected chi connectivity index (χ4v) is 3.21. The molecule has 3 rings (SSSR count). The van der Waals surface area contributed by atoms with Gasteiger partial charge in [0.1, 0.15) is 0 Å². The van der Waals surface area contributed by atoms with Gasteiger partial charge in [-0.2, -0.15) is 5.10 Å². The average molecular weight is 272 g/mol. The summed E-state index contributed by atoms with van der Waals surface area (Å²) in [5.41, 5.74) is 6.18. The third-order valence-corrected chi connectivity index (χ3v) is 4.30. The molecule has 3 N–H and O–H groups in total. The van der Waals surface area contributed by atoms with Crippen molar-refractivity contribution in [2.75, 3.05) is 0 Å². The van der Waals surface area contributed by atoms with Crippen molar-refractivity contribution in [3.63, 3.8) is 0 Å². The van der Waals surface area contributed by atoms with Crippen LogP contribution in [0.25, 0.3) is 10.9 Å². The van der Waals surface area contributed by atoms with E-state index >= 15 is 0 Å². The molecule has 19 heavy (non-hydrogen) atoms. The van der Waals surface area contributed by atoms with Crippen LogP contribution < -0.4 is 11.3 Å². The van der Waals surface area contributed by atoms with Crippen molar-refractivity contribution in [1.29, 1.82) is 0 Å². The summed E-state index contributed by atoms with van der Waals surface area (Å²) in [5, 5.41) is 7.86. The second-order valence-electron chi connectivity index (χ2n) is 4.56. The van der Waals surface area contributed by atoms with E-state index in [-0.39, 0.29) is 6.04 Å². The van der Waals surface area contributed by atoms with Crippen LogP contribution >= 0.6 is 11.3 Å². The first-order chi connectivity index (χ1) is 9.22. The lowest BCUT2D eigenvalue weighted by Gasteiger charge is -2.14. The second kappa shape index (κ2) is 4.77. The number of aryl methyl sites for hydroxylation is 2. The zero-order valence-corrected chi connectivity index (χ0v) is 11.7. The van der Waals surface area contributed by atoms with Gasteiger partial charge in [0.05, 0.1) is 17.3 Å². The Labute approximate surface area is 115 Å². The lowest BCUT2D eigenvalue weighted by atomic mass is 10.0. The number of hydrogen-bond donors (Lipinski definition) is 2. The first kappa shape index (κ1) is 12.3. The highest BCUT2D eigenvalue weighted by Crippen LogP contribution is 2.31. The molecule has 2 heterocycles. The predicted molar refractivity (Wildman–Crippen MR) is 78.9 cm³/mol. The summed E-state index contributed by atoms with van der Waals surface area (Å²) >= 11 is 1.72. The van der Waals surface area contributed by atoms with Crippen molar-refractivity contribution in [3.05, 3.63) is 51.8 Å². The van der Waals surface area contributed by atoms with Crippen molar-refractivity contribution >= 4 is 22.2 Å². The first-order valence-electron chi connectivity index (χ1n) is 6.14. The van der Waals surface area contributed by atoms with Crippen LogP contribution in [0.1, 0.15) is 22.2 Å². The zero-order chi connectivity index (χ0) is 13.4. The van der Waals surface area contributed by atoms with Crippen molar-refractivity contribution in [2.45, 2.75) is 13.0 Å². The molecule has 1 aromatic carbocycles. The summed E-state index contributed by atoms with van der Waals surface area (Å²) in [7, 11) is 1.96. The number of hydrazine groups is 1. The summed E-state index contributed by atoms with van der Waals surface area (Å²) in [4.78, 5) is 1.26. The molecule has 3 aromatic rings. The third kappa shape index (κ3) is 1.96. The largest absolute Gasteiger partial charge is 0.271 e. The van der Waals surface area contributed by atoms with E-state index in [2.05, 4.69) is 41.0 Å². The molecule has 0 saturated heterocycles. The number of fused-ring (bicyclic) bond motifs is 1. The van der Waals surface area contributed by atoms with Gasteiger partial charge in [-0.25, -0.2) is 5.43 Å². The minimum absolute atomic E-state index is 0.0719.